The lowest BCUT2D eigenvalue weighted by Gasteiger charge is -2.43. The Labute approximate surface area is 93.4 Å². The number of rotatable bonds is 2. The molecule has 0 aromatic carbocycles. The van der Waals surface area contributed by atoms with Crippen LogP contribution in [0.25, 0.3) is 0 Å². The van der Waals surface area contributed by atoms with Gasteiger partial charge in [-0.05, 0) is 13.0 Å². The van der Waals surface area contributed by atoms with Crippen molar-refractivity contribution in [3.8, 4) is 0 Å². The van der Waals surface area contributed by atoms with Gasteiger partial charge in [0.1, 0.15) is 0 Å². The van der Waals surface area contributed by atoms with Crippen LogP contribution in [0.2, 0.25) is 0 Å². The molecule has 3 nitrogen and oxygen atoms in total. The fourth-order valence-corrected chi connectivity index (χ4v) is 2.13. The van der Waals surface area contributed by atoms with E-state index in [2.05, 4.69) is 30.7 Å². The molecule has 1 rings (SSSR count). The van der Waals surface area contributed by atoms with Crippen molar-refractivity contribution in [1.29, 1.82) is 0 Å². The lowest BCUT2D eigenvalue weighted by molar-refractivity contribution is -0.140. The fraction of sp³-hybridized carbons (Fsp3) is 0.917. The molecule has 1 aliphatic heterocycles. The van der Waals surface area contributed by atoms with Crippen LogP contribution >= 0.6 is 0 Å². The zero-order valence-electron chi connectivity index (χ0n) is 10.7. The molecule has 1 saturated heterocycles. The smallest absolute Gasteiger partial charge is 0.225 e. The number of hydrogen-bond acceptors (Lipinski definition) is 2. The molecule has 0 aliphatic carbocycles. The quantitative estimate of drug-likeness (QED) is 0.691. The summed E-state index contributed by atoms with van der Waals surface area (Å²) in [7, 11) is 2.13. The largest absolute Gasteiger partial charge is 0.337 e. The molecule has 0 saturated carbocycles. The van der Waals surface area contributed by atoms with E-state index in [4.69, 9.17) is 0 Å². The molecule has 0 radical (unpaired) electrons. The molecule has 15 heavy (non-hydrogen) atoms. The standard InChI is InChI=1S/C12H24N2O/c1-9(2)11-8-13(5)6-7-14(11)12(15)10(3)4/h9-11H,6-8H2,1-5H3/t11-/m0/s1. The Morgan fingerprint density at radius 3 is 2.27 bits per heavy atom. The maximum atomic E-state index is 12.0. The van der Waals surface area contributed by atoms with Gasteiger partial charge in [0.15, 0.2) is 0 Å². The zero-order valence-corrected chi connectivity index (χ0v) is 10.7. The molecule has 0 N–H and O–H groups in total. The molecule has 1 fully saturated rings. The SMILES string of the molecule is CC(C)C(=O)N1CCN(C)C[C@H]1C(C)C. The Bertz CT molecular complexity index is 226. The van der Waals surface area contributed by atoms with Crippen LogP contribution in [0.5, 0.6) is 0 Å². The van der Waals surface area contributed by atoms with Crippen LogP contribution in [-0.2, 0) is 4.79 Å². The van der Waals surface area contributed by atoms with Crippen molar-refractivity contribution < 1.29 is 4.79 Å². The summed E-state index contributed by atoms with van der Waals surface area (Å²) in [6, 6.07) is 0.388. The van der Waals surface area contributed by atoms with Gasteiger partial charge in [-0.2, -0.15) is 0 Å². The second kappa shape index (κ2) is 4.97. The highest BCUT2D eigenvalue weighted by molar-refractivity contribution is 5.78. The zero-order chi connectivity index (χ0) is 11.6. The maximum absolute atomic E-state index is 12.0. The van der Waals surface area contributed by atoms with Crippen molar-refractivity contribution in [2.24, 2.45) is 11.8 Å². The van der Waals surface area contributed by atoms with Gasteiger partial charge in [-0.3, -0.25) is 4.79 Å². The van der Waals surface area contributed by atoms with E-state index >= 15 is 0 Å². The van der Waals surface area contributed by atoms with Gasteiger partial charge in [-0.15, -0.1) is 0 Å². The molecule has 0 spiro atoms. The monoisotopic (exact) mass is 212 g/mol. The topological polar surface area (TPSA) is 23.6 Å². The first-order chi connectivity index (χ1) is 6.93. The third-order valence-electron chi connectivity index (χ3n) is 3.17. The minimum absolute atomic E-state index is 0.120. The van der Waals surface area contributed by atoms with E-state index in [1.165, 1.54) is 0 Å². The third kappa shape index (κ3) is 2.94. The van der Waals surface area contributed by atoms with Crippen LogP contribution in [0, 0.1) is 11.8 Å². The van der Waals surface area contributed by atoms with Crippen LogP contribution in [-0.4, -0.2) is 48.4 Å². The van der Waals surface area contributed by atoms with E-state index in [0.717, 1.165) is 19.6 Å². The predicted octanol–water partition coefficient (Wildman–Crippen LogP) is 1.44. The first-order valence-corrected chi connectivity index (χ1v) is 5.92. The average molecular weight is 212 g/mol. The van der Waals surface area contributed by atoms with Crippen LogP contribution in [0.15, 0.2) is 0 Å². The van der Waals surface area contributed by atoms with Crippen molar-refractivity contribution in [3.63, 3.8) is 0 Å². The Morgan fingerprint density at radius 1 is 1.20 bits per heavy atom. The van der Waals surface area contributed by atoms with Crippen LogP contribution in [0.4, 0.5) is 0 Å². The summed E-state index contributed by atoms with van der Waals surface area (Å²) in [6.45, 7) is 11.3. The summed E-state index contributed by atoms with van der Waals surface area (Å²) in [5.41, 5.74) is 0. The van der Waals surface area contributed by atoms with E-state index in [1.807, 2.05) is 13.8 Å². The van der Waals surface area contributed by atoms with Gasteiger partial charge in [0.25, 0.3) is 0 Å². The van der Waals surface area contributed by atoms with Gasteiger partial charge in [0, 0.05) is 31.6 Å². The number of hydrogen-bond donors (Lipinski definition) is 0. The lowest BCUT2D eigenvalue weighted by Crippen LogP contribution is -2.56. The molecule has 88 valence electrons. The van der Waals surface area contributed by atoms with Gasteiger partial charge in [0.2, 0.25) is 5.91 Å². The van der Waals surface area contributed by atoms with Gasteiger partial charge in [-0.1, -0.05) is 27.7 Å². The molecule has 1 amide bonds. The van der Waals surface area contributed by atoms with E-state index < -0.39 is 0 Å². The number of carbonyl (C=O) groups excluding carboxylic acids is 1. The van der Waals surface area contributed by atoms with E-state index in [9.17, 15) is 4.79 Å². The molecule has 0 unspecified atom stereocenters. The van der Waals surface area contributed by atoms with Crippen molar-refractivity contribution in [1.82, 2.24) is 9.80 Å². The fourth-order valence-electron chi connectivity index (χ4n) is 2.13. The van der Waals surface area contributed by atoms with Crippen LogP contribution < -0.4 is 0 Å². The molecule has 3 heteroatoms. The van der Waals surface area contributed by atoms with E-state index in [0.29, 0.717) is 17.9 Å². The number of amides is 1. The van der Waals surface area contributed by atoms with Crippen molar-refractivity contribution in [2.45, 2.75) is 33.7 Å². The van der Waals surface area contributed by atoms with Crippen LogP contribution in [0.1, 0.15) is 27.7 Å². The second-order valence-electron chi connectivity index (χ2n) is 5.26. The Kier molecular flexibility index (Phi) is 4.14. The van der Waals surface area contributed by atoms with Gasteiger partial charge in [-0.25, -0.2) is 0 Å². The summed E-state index contributed by atoms with van der Waals surface area (Å²) < 4.78 is 0. The average Bonchev–Trinajstić information content (AvgIpc) is 2.16. The predicted molar refractivity (Wildman–Crippen MR) is 62.7 cm³/mol. The minimum Gasteiger partial charge on any atom is -0.337 e. The molecule has 0 aromatic heterocycles. The molecular formula is C12H24N2O. The normalized spacial score (nSPS) is 23.9. The summed E-state index contributed by atoms with van der Waals surface area (Å²) in [5, 5.41) is 0. The number of nitrogens with zero attached hydrogens (tertiary/aromatic N) is 2. The molecule has 0 bridgehead atoms. The van der Waals surface area contributed by atoms with Gasteiger partial charge < -0.3 is 9.80 Å². The summed E-state index contributed by atoms with van der Waals surface area (Å²) in [5.74, 6) is 0.965. The Morgan fingerprint density at radius 2 is 1.80 bits per heavy atom. The Balaban J connectivity index is 2.72. The molecule has 1 heterocycles. The second-order valence-corrected chi connectivity index (χ2v) is 5.26. The summed E-state index contributed by atoms with van der Waals surface area (Å²) in [4.78, 5) is 16.4. The minimum atomic E-state index is 0.120. The highest BCUT2D eigenvalue weighted by atomic mass is 16.2. The lowest BCUT2D eigenvalue weighted by atomic mass is 9.98. The van der Waals surface area contributed by atoms with Gasteiger partial charge in [0.05, 0.1) is 0 Å². The summed E-state index contributed by atoms with van der Waals surface area (Å²) >= 11 is 0. The van der Waals surface area contributed by atoms with Gasteiger partial charge >= 0.3 is 0 Å². The highest BCUT2D eigenvalue weighted by Gasteiger charge is 2.31. The third-order valence-corrected chi connectivity index (χ3v) is 3.17. The Hall–Kier alpha value is -0.570. The maximum Gasteiger partial charge on any atom is 0.225 e. The first kappa shape index (κ1) is 12.5. The van der Waals surface area contributed by atoms with Crippen molar-refractivity contribution >= 4 is 5.91 Å². The first-order valence-electron chi connectivity index (χ1n) is 5.92. The van der Waals surface area contributed by atoms with Crippen molar-refractivity contribution in [2.75, 3.05) is 26.7 Å². The van der Waals surface area contributed by atoms with E-state index in [1.54, 1.807) is 0 Å². The van der Waals surface area contributed by atoms with Crippen molar-refractivity contribution in [3.05, 3.63) is 0 Å². The number of likely N-dealkylation sites (N-methyl/N-ethyl adjacent to an activating group) is 1. The number of piperazine rings is 1. The molecule has 0 aromatic rings. The molecule has 1 atom stereocenters. The highest BCUT2D eigenvalue weighted by Crippen LogP contribution is 2.18. The van der Waals surface area contributed by atoms with E-state index in [-0.39, 0.29) is 5.92 Å². The molecular weight excluding hydrogens is 188 g/mol. The summed E-state index contributed by atoms with van der Waals surface area (Å²) in [6.07, 6.45) is 0. The molecule has 1 aliphatic rings. The van der Waals surface area contributed by atoms with Crippen LogP contribution in [0.3, 0.4) is 0 Å². The number of carbonyl (C=O) groups is 1.